The monoisotopic (exact) mass is 366 g/mol. The van der Waals surface area contributed by atoms with Crippen molar-refractivity contribution >= 4 is 24.0 Å². The molecule has 0 bridgehead atoms. The molecule has 0 heterocycles. The summed E-state index contributed by atoms with van der Waals surface area (Å²) in [5.74, 6) is 0.0982. The van der Waals surface area contributed by atoms with Gasteiger partial charge in [-0.25, -0.2) is 0 Å². The van der Waals surface area contributed by atoms with Crippen LogP contribution in [-0.4, -0.2) is 24.7 Å². The van der Waals surface area contributed by atoms with Crippen LogP contribution in [0, 0.1) is 12.8 Å². The van der Waals surface area contributed by atoms with E-state index in [-0.39, 0.29) is 36.0 Å². The summed E-state index contributed by atoms with van der Waals surface area (Å²) in [7, 11) is 0. The molecule has 0 unspecified atom stereocenters. The molecule has 136 valence electrons. The average molecular weight is 367 g/mol. The average Bonchev–Trinajstić information content (AvgIpc) is 2.84. The Morgan fingerprint density at radius 3 is 2.67 bits per heavy atom. The van der Waals surface area contributed by atoms with Crippen LogP contribution in [0.4, 0.5) is 18.9 Å². The molecule has 1 aliphatic carbocycles. The fourth-order valence-electron chi connectivity index (χ4n) is 2.82. The number of benzene rings is 1. The third-order valence-corrected chi connectivity index (χ3v) is 4.11. The summed E-state index contributed by atoms with van der Waals surface area (Å²) in [6.45, 7) is 0.255. The Morgan fingerprint density at radius 2 is 2.08 bits per heavy atom. The molecule has 1 amide bonds. The molecule has 24 heavy (non-hydrogen) atoms. The maximum atomic E-state index is 12.2. The third-order valence-electron chi connectivity index (χ3n) is 4.11. The van der Waals surface area contributed by atoms with Crippen molar-refractivity contribution in [3.8, 4) is 5.75 Å². The maximum Gasteiger partial charge on any atom is 0.422 e. The third kappa shape index (κ3) is 5.87. The zero-order chi connectivity index (χ0) is 17.0. The van der Waals surface area contributed by atoms with Gasteiger partial charge >= 0.3 is 6.18 Å². The molecular formula is C16H22ClF3N2O2. The highest BCUT2D eigenvalue weighted by atomic mass is 35.5. The van der Waals surface area contributed by atoms with Crippen LogP contribution in [0.1, 0.15) is 31.2 Å². The van der Waals surface area contributed by atoms with E-state index in [1.165, 1.54) is 6.07 Å². The first-order valence-electron chi connectivity index (χ1n) is 7.61. The summed E-state index contributed by atoms with van der Waals surface area (Å²) in [5.41, 5.74) is 6.88. The van der Waals surface area contributed by atoms with E-state index in [9.17, 15) is 18.0 Å². The molecule has 1 aromatic carbocycles. The first kappa shape index (κ1) is 20.6. The van der Waals surface area contributed by atoms with Crippen molar-refractivity contribution in [2.45, 2.75) is 44.8 Å². The number of anilines is 1. The molecule has 1 fully saturated rings. The standard InChI is InChI=1S/C16H21F3N2O2.ClH/c1-10-13(6-3-7-14(10)23-9-16(17,18)19)21-15(22)8-11-4-2-5-12(11)20;/h3,6-7,11-12H,2,4-5,8-9,20H2,1H3,(H,21,22);1H/t11-,12+;/m0./s1. The first-order chi connectivity index (χ1) is 10.8. The van der Waals surface area contributed by atoms with Gasteiger partial charge < -0.3 is 15.8 Å². The topological polar surface area (TPSA) is 64.4 Å². The van der Waals surface area contributed by atoms with E-state index in [4.69, 9.17) is 10.5 Å². The number of halogens is 4. The van der Waals surface area contributed by atoms with Gasteiger partial charge in [-0.15, -0.1) is 12.4 Å². The maximum absolute atomic E-state index is 12.2. The Balaban J connectivity index is 0.00000288. The van der Waals surface area contributed by atoms with Gasteiger partial charge in [0.2, 0.25) is 5.91 Å². The van der Waals surface area contributed by atoms with Crippen molar-refractivity contribution in [2.75, 3.05) is 11.9 Å². The fourth-order valence-corrected chi connectivity index (χ4v) is 2.82. The van der Waals surface area contributed by atoms with E-state index < -0.39 is 12.8 Å². The summed E-state index contributed by atoms with van der Waals surface area (Å²) in [6, 6.07) is 4.69. The van der Waals surface area contributed by atoms with E-state index in [1.54, 1.807) is 19.1 Å². The zero-order valence-corrected chi connectivity index (χ0v) is 14.2. The minimum atomic E-state index is -4.40. The van der Waals surface area contributed by atoms with Crippen molar-refractivity contribution in [2.24, 2.45) is 11.7 Å². The van der Waals surface area contributed by atoms with E-state index in [1.807, 2.05) is 0 Å². The van der Waals surface area contributed by atoms with E-state index >= 15 is 0 Å². The lowest BCUT2D eigenvalue weighted by molar-refractivity contribution is -0.153. The lowest BCUT2D eigenvalue weighted by atomic mass is 10.00. The number of carbonyl (C=O) groups is 1. The Morgan fingerprint density at radius 1 is 1.38 bits per heavy atom. The molecule has 0 spiro atoms. The highest BCUT2D eigenvalue weighted by Crippen LogP contribution is 2.29. The Bertz CT molecular complexity index is 567. The SMILES string of the molecule is Cc1c(NC(=O)C[C@@H]2CCC[C@H]2N)cccc1OCC(F)(F)F.Cl. The number of hydrogen-bond acceptors (Lipinski definition) is 3. The van der Waals surface area contributed by atoms with Gasteiger partial charge in [0.05, 0.1) is 0 Å². The van der Waals surface area contributed by atoms with Crippen LogP contribution in [0.15, 0.2) is 18.2 Å². The van der Waals surface area contributed by atoms with Crippen LogP contribution in [0.2, 0.25) is 0 Å². The fraction of sp³-hybridized carbons (Fsp3) is 0.562. The second-order valence-corrected chi connectivity index (χ2v) is 5.94. The van der Waals surface area contributed by atoms with Crippen molar-refractivity contribution < 1.29 is 22.7 Å². The normalized spacial score (nSPS) is 20.4. The molecule has 0 aliphatic heterocycles. The van der Waals surface area contributed by atoms with E-state index in [2.05, 4.69) is 5.32 Å². The molecule has 3 N–H and O–H groups in total. The Hall–Kier alpha value is -1.47. The lowest BCUT2D eigenvalue weighted by Crippen LogP contribution is -2.28. The Labute approximate surface area is 145 Å². The van der Waals surface area contributed by atoms with Gasteiger partial charge in [0.25, 0.3) is 0 Å². The number of ether oxygens (including phenoxy) is 1. The summed E-state index contributed by atoms with van der Waals surface area (Å²) < 4.78 is 41.5. The number of carbonyl (C=O) groups excluding carboxylic acids is 1. The van der Waals surface area contributed by atoms with Gasteiger partial charge in [0.1, 0.15) is 5.75 Å². The number of nitrogens with one attached hydrogen (secondary N) is 1. The zero-order valence-electron chi connectivity index (χ0n) is 13.4. The van der Waals surface area contributed by atoms with Crippen molar-refractivity contribution in [1.82, 2.24) is 0 Å². The van der Waals surface area contributed by atoms with Gasteiger partial charge in [0, 0.05) is 23.7 Å². The molecule has 0 aromatic heterocycles. The van der Waals surface area contributed by atoms with Crippen LogP contribution in [-0.2, 0) is 4.79 Å². The van der Waals surface area contributed by atoms with Crippen LogP contribution in [0.3, 0.4) is 0 Å². The van der Waals surface area contributed by atoms with Gasteiger partial charge in [-0.1, -0.05) is 12.5 Å². The number of amides is 1. The molecule has 1 saturated carbocycles. The van der Waals surface area contributed by atoms with Crippen LogP contribution in [0.25, 0.3) is 0 Å². The van der Waals surface area contributed by atoms with Crippen LogP contribution < -0.4 is 15.8 Å². The molecule has 2 rings (SSSR count). The number of nitrogens with two attached hydrogens (primary N) is 1. The summed E-state index contributed by atoms with van der Waals surface area (Å²) >= 11 is 0. The van der Waals surface area contributed by atoms with Gasteiger partial charge in [0.15, 0.2) is 6.61 Å². The molecule has 1 aromatic rings. The molecule has 1 aliphatic rings. The summed E-state index contributed by atoms with van der Waals surface area (Å²) in [6.07, 6.45) is -1.18. The summed E-state index contributed by atoms with van der Waals surface area (Å²) in [5, 5.41) is 2.74. The molecule has 0 saturated heterocycles. The van der Waals surface area contributed by atoms with Gasteiger partial charge in [-0.3, -0.25) is 4.79 Å². The van der Waals surface area contributed by atoms with Crippen molar-refractivity contribution in [3.63, 3.8) is 0 Å². The van der Waals surface area contributed by atoms with Crippen molar-refractivity contribution in [3.05, 3.63) is 23.8 Å². The predicted octanol–water partition coefficient (Wildman–Crippen LogP) is 3.81. The highest BCUT2D eigenvalue weighted by molar-refractivity contribution is 5.92. The molecule has 2 atom stereocenters. The van der Waals surface area contributed by atoms with E-state index in [0.717, 1.165) is 19.3 Å². The van der Waals surface area contributed by atoms with Gasteiger partial charge in [-0.2, -0.15) is 13.2 Å². The molecular weight excluding hydrogens is 345 g/mol. The van der Waals surface area contributed by atoms with Crippen LogP contribution in [0.5, 0.6) is 5.75 Å². The Kier molecular flexibility index (Phi) is 7.35. The number of hydrogen-bond donors (Lipinski definition) is 2. The van der Waals surface area contributed by atoms with Crippen LogP contribution >= 0.6 is 12.4 Å². The van der Waals surface area contributed by atoms with Gasteiger partial charge in [-0.05, 0) is 37.8 Å². The second kappa shape index (κ2) is 8.58. The van der Waals surface area contributed by atoms with Crippen molar-refractivity contribution in [1.29, 1.82) is 0 Å². The lowest BCUT2D eigenvalue weighted by Gasteiger charge is -2.17. The largest absolute Gasteiger partial charge is 0.484 e. The molecule has 4 nitrogen and oxygen atoms in total. The molecule has 8 heteroatoms. The summed E-state index contributed by atoms with van der Waals surface area (Å²) in [4.78, 5) is 12.1. The second-order valence-electron chi connectivity index (χ2n) is 5.94. The minimum absolute atomic E-state index is 0. The quantitative estimate of drug-likeness (QED) is 0.832. The smallest absolute Gasteiger partial charge is 0.422 e. The predicted molar refractivity (Wildman–Crippen MR) is 88.5 cm³/mol. The molecule has 0 radical (unpaired) electrons. The number of alkyl halides is 3. The number of rotatable bonds is 5. The first-order valence-corrected chi connectivity index (χ1v) is 7.61. The highest BCUT2D eigenvalue weighted by Gasteiger charge is 2.29. The minimum Gasteiger partial charge on any atom is -0.484 e. The van der Waals surface area contributed by atoms with E-state index in [0.29, 0.717) is 17.7 Å².